The second-order valence-electron chi connectivity index (χ2n) is 8.73. The Morgan fingerprint density at radius 1 is 1.18 bits per heavy atom. The number of hydrogen-bond acceptors (Lipinski definition) is 11. The maximum atomic E-state index is 13.4. The third kappa shape index (κ3) is 9.41. The van der Waals surface area contributed by atoms with Crippen LogP contribution in [0.15, 0.2) is 17.0 Å². The van der Waals surface area contributed by atoms with E-state index in [2.05, 4.69) is 20.8 Å². The summed E-state index contributed by atoms with van der Waals surface area (Å²) >= 11 is 3.30. The number of sulfone groups is 1. The van der Waals surface area contributed by atoms with Gasteiger partial charge in [0, 0.05) is 57.7 Å². The fourth-order valence-corrected chi connectivity index (χ4v) is 5.86. The highest BCUT2D eigenvalue weighted by molar-refractivity contribution is 9.09. The number of nitrogens with zero attached hydrogens (tertiary/aromatic N) is 4. The van der Waals surface area contributed by atoms with Crippen LogP contribution in [0.2, 0.25) is 0 Å². The molecule has 216 valence electrons. The van der Waals surface area contributed by atoms with Crippen LogP contribution in [-0.4, -0.2) is 121 Å². The molecule has 1 heterocycles. The normalized spacial score (nSPS) is 14.8. The van der Waals surface area contributed by atoms with Gasteiger partial charge >= 0.3 is 0 Å². The second kappa shape index (κ2) is 14.5. The Hall–Kier alpha value is -1.85. The fourth-order valence-electron chi connectivity index (χ4n) is 3.95. The molecule has 2 rings (SSSR count). The average molecular weight is 644 g/mol. The molecule has 1 aromatic rings. The van der Waals surface area contributed by atoms with Gasteiger partial charge in [0.25, 0.3) is 21.7 Å². The third-order valence-corrected chi connectivity index (χ3v) is 8.70. The Balaban J connectivity index is 2.44. The number of morpholine rings is 1. The molecular weight excluding hydrogens is 608 g/mol. The molecule has 0 bridgehead atoms. The number of halogens is 1. The lowest BCUT2D eigenvalue weighted by Crippen LogP contribution is -2.38. The molecule has 0 unspecified atom stereocenters. The molecule has 1 aromatic carbocycles. The maximum Gasteiger partial charge on any atom is 0.283 e. The Kier molecular flexibility index (Phi) is 12.4. The molecule has 1 aliphatic rings. The Morgan fingerprint density at radius 2 is 1.84 bits per heavy atom. The summed E-state index contributed by atoms with van der Waals surface area (Å²) in [5.74, 6) is -0.944. The van der Waals surface area contributed by atoms with Crippen molar-refractivity contribution in [2.45, 2.75) is 18.2 Å². The third-order valence-electron chi connectivity index (χ3n) is 5.99. The van der Waals surface area contributed by atoms with Gasteiger partial charge in [0.2, 0.25) is 0 Å². The molecule has 1 aliphatic heterocycles. The number of alkyl halides is 1. The van der Waals surface area contributed by atoms with E-state index in [-0.39, 0.29) is 41.6 Å². The molecule has 0 spiro atoms. The van der Waals surface area contributed by atoms with Crippen molar-refractivity contribution < 1.29 is 35.5 Å². The Labute approximate surface area is 232 Å². The SMILES string of the molecule is CCS(=O)(=O)c1cc([N+](=O)[O-])c(C(=O)N(C)CCCN2CCOCC2)cc1N(CCBr)CCOS(C)(=O)=O. The predicted octanol–water partition coefficient (Wildman–Crippen LogP) is 1.36. The number of carbonyl (C=O) groups is 1. The maximum absolute atomic E-state index is 13.4. The van der Waals surface area contributed by atoms with Crippen molar-refractivity contribution in [2.75, 3.05) is 88.4 Å². The number of hydrogen-bond donors (Lipinski definition) is 0. The van der Waals surface area contributed by atoms with E-state index in [0.29, 0.717) is 31.5 Å². The van der Waals surface area contributed by atoms with E-state index in [4.69, 9.17) is 8.92 Å². The lowest BCUT2D eigenvalue weighted by atomic mass is 10.1. The lowest BCUT2D eigenvalue weighted by molar-refractivity contribution is -0.385. The summed E-state index contributed by atoms with van der Waals surface area (Å²) in [6, 6.07) is 2.13. The van der Waals surface area contributed by atoms with Crippen molar-refractivity contribution in [3.63, 3.8) is 0 Å². The van der Waals surface area contributed by atoms with Crippen LogP contribution < -0.4 is 4.90 Å². The number of benzene rings is 1. The van der Waals surface area contributed by atoms with E-state index in [1.165, 1.54) is 29.8 Å². The van der Waals surface area contributed by atoms with Crippen LogP contribution in [0.25, 0.3) is 0 Å². The van der Waals surface area contributed by atoms with Gasteiger partial charge in [-0.25, -0.2) is 8.42 Å². The molecule has 0 aliphatic carbocycles. The minimum absolute atomic E-state index is 0.0360. The summed E-state index contributed by atoms with van der Waals surface area (Å²) < 4.78 is 58.9. The molecule has 0 aromatic heterocycles. The number of nitro groups is 1. The minimum Gasteiger partial charge on any atom is -0.379 e. The van der Waals surface area contributed by atoms with Gasteiger partial charge in [0.15, 0.2) is 9.84 Å². The van der Waals surface area contributed by atoms with E-state index in [0.717, 1.165) is 32.0 Å². The first-order valence-electron chi connectivity index (χ1n) is 12.1. The van der Waals surface area contributed by atoms with Gasteiger partial charge in [-0.2, -0.15) is 8.42 Å². The van der Waals surface area contributed by atoms with E-state index < -0.39 is 36.5 Å². The van der Waals surface area contributed by atoms with E-state index in [9.17, 15) is 31.7 Å². The highest BCUT2D eigenvalue weighted by Crippen LogP contribution is 2.34. The summed E-state index contributed by atoms with van der Waals surface area (Å²) in [6.45, 7) is 5.29. The first-order chi connectivity index (χ1) is 17.8. The van der Waals surface area contributed by atoms with E-state index in [1.54, 1.807) is 0 Å². The van der Waals surface area contributed by atoms with Gasteiger partial charge in [-0.05, 0) is 12.5 Å². The van der Waals surface area contributed by atoms with E-state index >= 15 is 0 Å². The Morgan fingerprint density at radius 3 is 2.39 bits per heavy atom. The van der Waals surface area contributed by atoms with Crippen LogP contribution in [0.3, 0.4) is 0 Å². The van der Waals surface area contributed by atoms with Crippen LogP contribution in [0.5, 0.6) is 0 Å². The molecule has 0 N–H and O–H groups in total. The lowest BCUT2D eigenvalue weighted by Gasteiger charge is -2.28. The summed E-state index contributed by atoms with van der Waals surface area (Å²) in [4.78, 5) is 29.3. The molecule has 0 saturated carbocycles. The number of anilines is 1. The molecule has 0 atom stereocenters. The molecule has 0 radical (unpaired) electrons. The van der Waals surface area contributed by atoms with Gasteiger partial charge in [0.1, 0.15) is 5.56 Å². The topological polar surface area (TPSA) is 157 Å². The molecule has 38 heavy (non-hydrogen) atoms. The molecule has 16 heteroatoms. The van der Waals surface area contributed by atoms with Crippen LogP contribution in [0.1, 0.15) is 23.7 Å². The molecule has 1 fully saturated rings. The first kappa shape index (κ1) is 32.4. The Bertz CT molecular complexity index is 1190. The summed E-state index contributed by atoms with van der Waals surface area (Å²) in [7, 11) is -6.16. The fraction of sp³-hybridized carbons (Fsp3) is 0.682. The van der Waals surface area contributed by atoms with E-state index in [1.807, 2.05) is 0 Å². The van der Waals surface area contributed by atoms with Crippen molar-refractivity contribution in [2.24, 2.45) is 0 Å². The van der Waals surface area contributed by atoms with Gasteiger partial charge in [-0.1, -0.05) is 22.9 Å². The van der Waals surface area contributed by atoms with Crippen molar-refractivity contribution >= 4 is 53.2 Å². The largest absolute Gasteiger partial charge is 0.379 e. The molecular formula is C22H35BrN4O9S2. The number of nitro benzene ring substituents is 1. The zero-order valence-corrected chi connectivity index (χ0v) is 25.0. The quantitative estimate of drug-likeness (QED) is 0.118. The van der Waals surface area contributed by atoms with Gasteiger partial charge in [-0.15, -0.1) is 0 Å². The number of carbonyl (C=O) groups excluding carboxylic acids is 1. The van der Waals surface area contributed by atoms with Crippen molar-refractivity contribution in [1.29, 1.82) is 0 Å². The zero-order chi connectivity index (χ0) is 28.5. The van der Waals surface area contributed by atoms with Gasteiger partial charge in [-0.3, -0.25) is 24.0 Å². The predicted molar refractivity (Wildman–Crippen MR) is 146 cm³/mol. The highest BCUT2D eigenvalue weighted by atomic mass is 79.9. The molecule has 1 saturated heterocycles. The van der Waals surface area contributed by atoms with Crippen molar-refractivity contribution in [3.8, 4) is 0 Å². The van der Waals surface area contributed by atoms with Gasteiger partial charge in [0.05, 0.1) is 47.3 Å². The summed E-state index contributed by atoms with van der Waals surface area (Å²) in [5.41, 5.74) is -0.798. The smallest absolute Gasteiger partial charge is 0.283 e. The summed E-state index contributed by atoms with van der Waals surface area (Å²) in [6.07, 6.45) is 1.54. The molecule has 13 nitrogen and oxygen atoms in total. The zero-order valence-electron chi connectivity index (χ0n) is 21.8. The van der Waals surface area contributed by atoms with Crippen LogP contribution in [0, 0.1) is 10.1 Å². The summed E-state index contributed by atoms with van der Waals surface area (Å²) in [5, 5.41) is 12.3. The number of ether oxygens (including phenoxy) is 1. The monoisotopic (exact) mass is 642 g/mol. The van der Waals surface area contributed by atoms with Crippen molar-refractivity contribution in [1.82, 2.24) is 9.80 Å². The standard InChI is InChI=1S/C22H35BrN4O9S2/c1-4-38(33,34)21-17-19(27(29)30)18(16-20(21)26(9-6-23)12-15-36-37(3,31)32)22(28)24(2)7-5-8-25-10-13-35-14-11-25/h16-17H,4-15H2,1-3H3. The van der Waals surface area contributed by atoms with Gasteiger partial charge < -0.3 is 14.5 Å². The minimum atomic E-state index is -3.95. The first-order valence-corrected chi connectivity index (χ1v) is 16.7. The van der Waals surface area contributed by atoms with Crippen LogP contribution >= 0.6 is 15.9 Å². The number of rotatable bonds is 15. The van der Waals surface area contributed by atoms with Crippen LogP contribution in [0.4, 0.5) is 11.4 Å². The van der Waals surface area contributed by atoms with Crippen LogP contribution in [-0.2, 0) is 28.9 Å². The highest BCUT2D eigenvalue weighted by Gasteiger charge is 2.31. The number of amides is 1. The second-order valence-corrected chi connectivity index (χ2v) is 13.4. The molecule has 1 amide bonds. The average Bonchev–Trinajstić information content (AvgIpc) is 2.86. The van der Waals surface area contributed by atoms with Crippen molar-refractivity contribution in [3.05, 3.63) is 27.8 Å².